The molecular weight excluding hydrogens is 262 g/mol. The number of hydrogen-bond acceptors (Lipinski definition) is 5. The lowest BCUT2D eigenvalue weighted by atomic mass is 10.1. The standard InChI is InChI=1S/C14H21NO3S/c1-17-13(16)12-11(5-8-18-12)9-15-10-14(19-2)6-3-4-7-14/h5,8,15H,3-4,6-7,9-10H2,1-2H3. The number of esters is 1. The van der Waals surface area contributed by atoms with Crippen LogP contribution in [0.1, 0.15) is 41.8 Å². The third-order valence-electron chi connectivity index (χ3n) is 3.83. The molecule has 1 aromatic rings. The van der Waals surface area contributed by atoms with E-state index in [1.54, 1.807) is 0 Å². The zero-order valence-corrected chi connectivity index (χ0v) is 12.3. The molecule has 1 fully saturated rings. The summed E-state index contributed by atoms with van der Waals surface area (Å²) >= 11 is 1.95. The minimum Gasteiger partial charge on any atom is -0.463 e. The van der Waals surface area contributed by atoms with Crippen molar-refractivity contribution in [1.29, 1.82) is 0 Å². The number of rotatable bonds is 6. The molecule has 5 heteroatoms. The summed E-state index contributed by atoms with van der Waals surface area (Å²) in [6.45, 7) is 1.61. The predicted molar refractivity (Wildman–Crippen MR) is 76.5 cm³/mol. The van der Waals surface area contributed by atoms with Gasteiger partial charge in [-0.3, -0.25) is 0 Å². The van der Waals surface area contributed by atoms with E-state index in [2.05, 4.69) is 11.6 Å². The van der Waals surface area contributed by atoms with Gasteiger partial charge in [0.05, 0.1) is 13.4 Å². The van der Waals surface area contributed by atoms with E-state index >= 15 is 0 Å². The molecule has 0 atom stereocenters. The van der Waals surface area contributed by atoms with Gasteiger partial charge in [0, 0.05) is 23.4 Å². The maximum Gasteiger partial charge on any atom is 0.374 e. The average Bonchev–Trinajstić information content (AvgIpc) is 3.07. The van der Waals surface area contributed by atoms with Crippen molar-refractivity contribution in [2.24, 2.45) is 0 Å². The van der Waals surface area contributed by atoms with Crippen molar-refractivity contribution in [2.75, 3.05) is 19.9 Å². The Hall–Kier alpha value is -0.940. The molecule has 1 aromatic heterocycles. The van der Waals surface area contributed by atoms with E-state index in [9.17, 15) is 4.79 Å². The van der Waals surface area contributed by atoms with Crippen molar-refractivity contribution < 1.29 is 13.9 Å². The van der Waals surface area contributed by atoms with Crippen LogP contribution in [0.4, 0.5) is 0 Å². The molecule has 0 unspecified atom stereocenters. The van der Waals surface area contributed by atoms with Crippen LogP contribution in [0.3, 0.4) is 0 Å². The average molecular weight is 283 g/mol. The number of ether oxygens (including phenoxy) is 1. The Balaban J connectivity index is 1.89. The molecule has 0 spiro atoms. The fourth-order valence-electron chi connectivity index (χ4n) is 2.64. The van der Waals surface area contributed by atoms with Gasteiger partial charge in [-0.15, -0.1) is 0 Å². The summed E-state index contributed by atoms with van der Waals surface area (Å²) < 4.78 is 10.2. The Bertz CT molecular complexity index is 424. The highest BCUT2D eigenvalue weighted by atomic mass is 32.2. The van der Waals surface area contributed by atoms with Crippen LogP contribution >= 0.6 is 11.8 Å². The molecule has 1 aliphatic carbocycles. The van der Waals surface area contributed by atoms with E-state index in [-0.39, 0.29) is 0 Å². The van der Waals surface area contributed by atoms with Gasteiger partial charge in [-0.05, 0) is 25.2 Å². The predicted octanol–water partition coefficient (Wildman–Crippen LogP) is 2.83. The fourth-order valence-corrected chi connectivity index (χ4v) is 3.59. The van der Waals surface area contributed by atoms with Gasteiger partial charge in [0.25, 0.3) is 0 Å². The number of furan rings is 1. The van der Waals surface area contributed by atoms with Gasteiger partial charge in [-0.1, -0.05) is 12.8 Å². The van der Waals surface area contributed by atoms with Gasteiger partial charge >= 0.3 is 5.97 Å². The molecule has 0 aliphatic heterocycles. The van der Waals surface area contributed by atoms with Gasteiger partial charge in [0.15, 0.2) is 0 Å². The monoisotopic (exact) mass is 283 g/mol. The van der Waals surface area contributed by atoms with E-state index in [1.807, 2.05) is 17.8 Å². The van der Waals surface area contributed by atoms with E-state index in [4.69, 9.17) is 9.15 Å². The van der Waals surface area contributed by atoms with Crippen LogP contribution in [0.2, 0.25) is 0 Å². The first-order valence-electron chi connectivity index (χ1n) is 6.61. The Labute approximate surface area is 118 Å². The van der Waals surface area contributed by atoms with Crippen molar-refractivity contribution in [2.45, 2.75) is 37.0 Å². The molecule has 0 saturated heterocycles. The molecule has 1 saturated carbocycles. The Morgan fingerprint density at radius 1 is 1.53 bits per heavy atom. The van der Waals surface area contributed by atoms with Gasteiger partial charge in [0.1, 0.15) is 0 Å². The highest BCUT2D eigenvalue weighted by Crippen LogP contribution is 2.39. The zero-order chi connectivity index (χ0) is 13.7. The maximum atomic E-state index is 11.5. The molecule has 1 heterocycles. The molecular formula is C14H21NO3S. The zero-order valence-electron chi connectivity index (χ0n) is 11.5. The number of nitrogens with one attached hydrogen (secondary N) is 1. The van der Waals surface area contributed by atoms with Crippen LogP contribution < -0.4 is 5.32 Å². The summed E-state index contributed by atoms with van der Waals surface area (Å²) in [5.41, 5.74) is 0.862. The topological polar surface area (TPSA) is 51.5 Å². The van der Waals surface area contributed by atoms with Crippen molar-refractivity contribution in [3.8, 4) is 0 Å². The minimum atomic E-state index is -0.415. The quantitative estimate of drug-likeness (QED) is 0.814. The van der Waals surface area contributed by atoms with Gasteiger partial charge in [-0.25, -0.2) is 4.79 Å². The highest BCUT2D eigenvalue weighted by Gasteiger charge is 2.32. The van der Waals surface area contributed by atoms with Crippen LogP contribution in [0.25, 0.3) is 0 Å². The first-order valence-corrected chi connectivity index (χ1v) is 7.84. The molecule has 0 bridgehead atoms. The van der Waals surface area contributed by atoms with Crippen LogP contribution in [-0.4, -0.2) is 30.6 Å². The maximum absolute atomic E-state index is 11.5. The lowest BCUT2D eigenvalue weighted by molar-refractivity contribution is 0.0563. The summed E-state index contributed by atoms with van der Waals surface area (Å²) in [6, 6.07) is 1.82. The SMILES string of the molecule is COC(=O)c1occc1CNCC1(SC)CCCC1. The summed E-state index contributed by atoms with van der Waals surface area (Å²) in [5.74, 6) is -0.109. The van der Waals surface area contributed by atoms with Crippen molar-refractivity contribution in [1.82, 2.24) is 5.32 Å². The third kappa shape index (κ3) is 3.34. The normalized spacial score (nSPS) is 17.6. The second-order valence-corrected chi connectivity index (χ2v) is 6.24. The third-order valence-corrected chi connectivity index (χ3v) is 5.25. The summed E-state index contributed by atoms with van der Waals surface area (Å²) in [5, 5.41) is 3.45. The summed E-state index contributed by atoms with van der Waals surface area (Å²) in [7, 11) is 1.36. The van der Waals surface area contributed by atoms with E-state index < -0.39 is 5.97 Å². The van der Waals surface area contributed by atoms with Crippen molar-refractivity contribution in [3.63, 3.8) is 0 Å². The van der Waals surface area contributed by atoms with Crippen LogP contribution in [0.5, 0.6) is 0 Å². The number of thioether (sulfide) groups is 1. The molecule has 1 N–H and O–H groups in total. The number of carbonyl (C=O) groups excluding carboxylic acids is 1. The fraction of sp³-hybridized carbons (Fsp3) is 0.643. The van der Waals surface area contributed by atoms with Crippen LogP contribution in [0, 0.1) is 0 Å². The number of carbonyl (C=O) groups is 1. The lowest BCUT2D eigenvalue weighted by Crippen LogP contribution is -2.34. The first kappa shape index (κ1) is 14.5. The Kier molecular flexibility index (Phi) is 4.93. The van der Waals surface area contributed by atoms with Gasteiger partial charge in [-0.2, -0.15) is 11.8 Å². The molecule has 19 heavy (non-hydrogen) atoms. The van der Waals surface area contributed by atoms with E-state index in [0.717, 1.165) is 12.1 Å². The summed E-state index contributed by atoms with van der Waals surface area (Å²) in [6.07, 6.45) is 8.91. The first-order chi connectivity index (χ1) is 9.21. The highest BCUT2D eigenvalue weighted by molar-refractivity contribution is 8.00. The molecule has 0 amide bonds. The molecule has 0 aromatic carbocycles. The number of hydrogen-bond donors (Lipinski definition) is 1. The Morgan fingerprint density at radius 2 is 2.26 bits per heavy atom. The summed E-state index contributed by atoms with van der Waals surface area (Å²) in [4.78, 5) is 11.5. The smallest absolute Gasteiger partial charge is 0.374 e. The largest absolute Gasteiger partial charge is 0.463 e. The van der Waals surface area contributed by atoms with Crippen LogP contribution in [-0.2, 0) is 11.3 Å². The Morgan fingerprint density at radius 3 is 2.89 bits per heavy atom. The molecule has 4 nitrogen and oxygen atoms in total. The van der Waals surface area contributed by atoms with E-state index in [1.165, 1.54) is 39.1 Å². The number of methoxy groups -OCH3 is 1. The second-order valence-electron chi connectivity index (χ2n) is 4.96. The molecule has 106 valence electrons. The van der Waals surface area contributed by atoms with E-state index in [0.29, 0.717) is 17.1 Å². The van der Waals surface area contributed by atoms with Gasteiger partial charge in [0.2, 0.25) is 5.76 Å². The molecule has 0 radical (unpaired) electrons. The molecule has 2 rings (SSSR count). The minimum absolute atomic E-state index is 0.305. The van der Waals surface area contributed by atoms with Crippen molar-refractivity contribution >= 4 is 17.7 Å². The second kappa shape index (κ2) is 6.48. The van der Waals surface area contributed by atoms with Crippen molar-refractivity contribution in [3.05, 3.63) is 23.7 Å². The lowest BCUT2D eigenvalue weighted by Gasteiger charge is -2.27. The molecule has 1 aliphatic rings. The van der Waals surface area contributed by atoms with Gasteiger partial charge < -0.3 is 14.5 Å². The van der Waals surface area contributed by atoms with Crippen LogP contribution in [0.15, 0.2) is 16.7 Å².